The maximum absolute atomic E-state index is 5.75. The first-order valence-corrected chi connectivity index (χ1v) is 6.76. The van der Waals surface area contributed by atoms with E-state index in [1.165, 1.54) is 6.42 Å². The van der Waals surface area contributed by atoms with Gasteiger partial charge >= 0.3 is 0 Å². The van der Waals surface area contributed by atoms with Gasteiger partial charge in [0.1, 0.15) is 5.75 Å². The molecular weight excluding hydrogens is 236 g/mol. The summed E-state index contributed by atoms with van der Waals surface area (Å²) < 4.78 is 7.72. The maximum Gasteiger partial charge on any atom is 0.119 e. The fourth-order valence-corrected chi connectivity index (χ4v) is 1.92. The van der Waals surface area contributed by atoms with Gasteiger partial charge in [0.2, 0.25) is 0 Å². The van der Waals surface area contributed by atoms with Crippen molar-refractivity contribution in [2.45, 2.75) is 33.6 Å². The van der Waals surface area contributed by atoms with Gasteiger partial charge in [-0.3, -0.25) is 0 Å². The quantitative estimate of drug-likeness (QED) is 0.756. The van der Waals surface area contributed by atoms with E-state index >= 15 is 0 Å². The van der Waals surface area contributed by atoms with E-state index in [1.54, 1.807) is 12.5 Å². The van der Waals surface area contributed by atoms with Gasteiger partial charge in [0.05, 0.1) is 12.9 Å². The van der Waals surface area contributed by atoms with Crippen LogP contribution in [0.1, 0.15) is 33.6 Å². The molecule has 2 rings (SSSR count). The Morgan fingerprint density at radius 1 is 1.16 bits per heavy atom. The summed E-state index contributed by atoms with van der Waals surface area (Å²) in [6, 6.07) is 8.10. The highest BCUT2D eigenvalue weighted by molar-refractivity contribution is 5.37. The molecule has 0 bridgehead atoms. The van der Waals surface area contributed by atoms with E-state index in [0.717, 1.165) is 24.5 Å². The third kappa shape index (κ3) is 4.43. The highest BCUT2D eigenvalue weighted by Gasteiger charge is 2.09. The van der Waals surface area contributed by atoms with Gasteiger partial charge in [0.15, 0.2) is 0 Å². The summed E-state index contributed by atoms with van der Waals surface area (Å²) in [4.78, 5) is 4.04. The molecule has 102 valence electrons. The lowest BCUT2D eigenvalue weighted by atomic mass is 9.91. The van der Waals surface area contributed by atoms with Crippen LogP contribution in [0.4, 0.5) is 0 Å². The first kappa shape index (κ1) is 13.7. The highest BCUT2D eigenvalue weighted by atomic mass is 16.5. The molecular formula is C16H22N2O. The number of hydrogen-bond donors (Lipinski definition) is 0. The lowest BCUT2D eigenvalue weighted by Crippen LogP contribution is -2.07. The minimum atomic E-state index is 0.384. The number of rotatable bonds is 5. The molecule has 0 saturated carbocycles. The largest absolute Gasteiger partial charge is 0.494 e. The lowest BCUT2D eigenvalue weighted by molar-refractivity contribution is 0.269. The second kappa shape index (κ2) is 5.91. The van der Waals surface area contributed by atoms with Crippen molar-refractivity contribution in [2.24, 2.45) is 5.41 Å². The van der Waals surface area contributed by atoms with Gasteiger partial charge in [-0.2, -0.15) is 0 Å². The monoisotopic (exact) mass is 258 g/mol. The molecule has 0 saturated heterocycles. The standard InChI is InChI=1S/C16H22N2O/c1-16(2,3)9-4-12-19-15-7-5-14(6-8-15)18-11-10-17-13-18/h5-8,10-11,13H,4,9,12H2,1-3H3. The summed E-state index contributed by atoms with van der Waals surface area (Å²) in [7, 11) is 0. The van der Waals surface area contributed by atoms with Crippen molar-refractivity contribution >= 4 is 0 Å². The van der Waals surface area contributed by atoms with Gasteiger partial charge in [-0.15, -0.1) is 0 Å². The molecule has 1 aromatic carbocycles. The van der Waals surface area contributed by atoms with Crippen molar-refractivity contribution < 1.29 is 4.74 Å². The summed E-state index contributed by atoms with van der Waals surface area (Å²) in [5, 5.41) is 0. The van der Waals surface area contributed by atoms with Crippen LogP contribution in [0.25, 0.3) is 5.69 Å². The lowest BCUT2D eigenvalue weighted by Gasteiger charge is -2.17. The van der Waals surface area contributed by atoms with Crippen LogP contribution in [0.3, 0.4) is 0 Å². The zero-order valence-corrected chi connectivity index (χ0v) is 12.0. The van der Waals surface area contributed by atoms with Crippen LogP contribution in [-0.4, -0.2) is 16.2 Å². The number of nitrogens with zero attached hydrogens (tertiary/aromatic N) is 2. The van der Waals surface area contributed by atoms with Crippen LogP contribution in [0.15, 0.2) is 43.0 Å². The van der Waals surface area contributed by atoms with Crippen molar-refractivity contribution in [3.63, 3.8) is 0 Å². The average Bonchev–Trinajstić information content (AvgIpc) is 2.88. The summed E-state index contributed by atoms with van der Waals surface area (Å²) in [6.07, 6.45) is 7.77. The van der Waals surface area contributed by atoms with Gasteiger partial charge in [0, 0.05) is 18.1 Å². The highest BCUT2D eigenvalue weighted by Crippen LogP contribution is 2.21. The molecule has 0 amide bonds. The normalized spacial score (nSPS) is 11.5. The van der Waals surface area contributed by atoms with Crippen LogP contribution >= 0.6 is 0 Å². The van der Waals surface area contributed by atoms with Gasteiger partial charge in [-0.1, -0.05) is 20.8 Å². The van der Waals surface area contributed by atoms with Crippen LogP contribution in [0.2, 0.25) is 0 Å². The van der Waals surface area contributed by atoms with E-state index in [9.17, 15) is 0 Å². The van der Waals surface area contributed by atoms with Gasteiger partial charge in [0.25, 0.3) is 0 Å². The fraction of sp³-hybridized carbons (Fsp3) is 0.438. The molecule has 0 aliphatic heterocycles. The molecule has 0 aliphatic carbocycles. The van der Waals surface area contributed by atoms with E-state index < -0.39 is 0 Å². The Bertz CT molecular complexity index is 480. The van der Waals surface area contributed by atoms with Crippen molar-refractivity contribution in [2.75, 3.05) is 6.61 Å². The van der Waals surface area contributed by atoms with Crippen molar-refractivity contribution in [3.05, 3.63) is 43.0 Å². The summed E-state index contributed by atoms with van der Waals surface area (Å²) in [5.41, 5.74) is 1.48. The Hall–Kier alpha value is -1.77. The van der Waals surface area contributed by atoms with Crippen molar-refractivity contribution in [1.82, 2.24) is 9.55 Å². The van der Waals surface area contributed by atoms with Crippen LogP contribution in [-0.2, 0) is 0 Å². The predicted molar refractivity (Wildman–Crippen MR) is 77.7 cm³/mol. The molecule has 0 spiro atoms. The SMILES string of the molecule is CC(C)(C)CCCOc1ccc(-n2ccnc2)cc1. The van der Waals surface area contributed by atoms with Gasteiger partial charge in [-0.05, 0) is 42.5 Å². The summed E-state index contributed by atoms with van der Waals surface area (Å²) in [5.74, 6) is 0.928. The molecule has 19 heavy (non-hydrogen) atoms. The number of hydrogen-bond acceptors (Lipinski definition) is 2. The average molecular weight is 258 g/mol. The Balaban J connectivity index is 1.83. The van der Waals surface area contributed by atoms with Crippen molar-refractivity contribution in [3.8, 4) is 11.4 Å². The maximum atomic E-state index is 5.75. The summed E-state index contributed by atoms with van der Waals surface area (Å²) in [6.45, 7) is 7.55. The molecule has 0 fully saturated rings. The predicted octanol–water partition coefficient (Wildman–Crippen LogP) is 4.08. The molecule has 0 N–H and O–H groups in total. The minimum Gasteiger partial charge on any atom is -0.494 e. The molecule has 2 aromatic rings. The molecule has 3 heteroatoms. The third-order valence-electron chi connectivity index (χ3n) is 2.98. The molecule has 0 aliphatic rings. The second-order valence-corrected chi connectivity index (χ2v) is 5.98. The first-order valence-electron chi connectivity index (χ1n) is 6.76. The number of aromatic nitrogens is 2. The van der Waals surface area contributed by atoms with Gasteiger partial charge < -0.3 is 9.30 Å². The molecule has 1 aromatic heterocycles. The van der Waals surface area contributed by atoms with Crippen molar-refractivity contribution in [1.29, 1.82) is 0 Å². The molecule has 0 atom stereocenters. The topological polar surface area (TPSA) is 27.1 Å². The fourth-order valence-electron chi connectivity index (χ4n) is 1.92. The zero-order chi connectivity index (χ0) is 13.7. The van der Waals surface area contributed by atoms with Crippen LogP contribution in [0, 0.1) is 5.41 Å². The van der Waals surface area contributed by atoms with E-state index in [2.05, 4.69) is 25.8 Å². The minimum absolute atomic E-state index is 0.384. The van der Waals surface area contributed by atoms with Crippen LogP contribution in [0.5, 0.6) is 5.75 Å². The molecule has 0 unspecified atom stereocenters. The van der Waals surface area contributed by atoms with E-state index in [-0.39, 0.29) is 0 Å². The third-order valence-corrected chi connectivity index (χ3v) is 2.98. The number of imidazole rings is 1. The van der Waals surface area contributed by atoms with Crippen LogP contribution < -0.4 is 4.74 Å². The number of benzene rings is 1. The first-order chi connectivity index (χ1) is 9.04. The van der Waals surface area contributed by atoms with E-state index in [4.69, 9.17) is 4.74 Å². The van der Waals surface area contributed by atoms with E-state index in [0.29, 0.717) is 5.41 Å². The number of ether oxygens (including phenoxy) is 1. The molecule has 1 heterocycles. The second-order valence-electron chi connectivity index (χ2n) is 5.98. The Labute approximate surface area is 115 Å². The van der Waals surface area contributed by atoms with Gasteiger partial charge in [-0.25, -0.2) is 4.98 Å². The van der Waals surface area contributed by atoms with E-state index in [1.807, 2.05) is 35.0 Å². The smallest absolute Gasteiger partial charge is 0.119 e. The summed E-state index contributed by atoms with van der Waals surface area (Å²) >= 11 is 0. The Morgan fingerprint density at radius 3 is 2.47 bits per heavy atom. The Kier molecular flexibility index (Phi) is 4.25. The Morgan fingerprint density at radius 2 is 1.89 bits per heavy atom. The zero-order valence-electron chi connectivity index (χ0n) is 12.0. The molecule has 0 radical (unpaired) electrons. The molecule has 3 nitrogen and oxygen atoms in total.